The van der Waals surface area contributed by atoms with E-state index in [0.717, 1.165) is 38.1 Å². The van der Waals surface area contributed by atoms with E-state index < -0.39 is 11.7 Å². The van der Waals surface area contributed by atoms with Gasteiger partial charge in [-0.25, -0.2) is 0 Å². The number of ether oxygens (including phenoxy) is 1. The lowest BCUT2D eigenvalue weighted by molar-refractivity contribution is -0.137. The Bertz CT molecular complexity index is 837. The van der Waals surface area contributed by atoms with E-state index in [0.29, 0.717) is 29.5 Å². The summed E-state index contributed by atoms with van der Waals surface area (Å²) < 4.78 is 43.7. The predicted molar refractivity (Wildman–Crippen MR) is 111 cm³/mol. The van der Waals surface area contributed by atoms with Crippen molar-refractivity contribution in [1.82, 2.24) is 4.90 Å². The number of likely N-dealkylation sites (tertiary alicyclic amines) is 1. The summed E-state index contributed by atoms with van der Waals surface area (Å²) in [6.45, 7) is 4.77. The lowest BCUT2D eigenvalue weighted by atomic mass is 9.95. The van der Waals surface area contributed by atoms with Crippen LogP contribution in [0, 0.1) is 11.8 Å². The van der Waals surface area contributed by atoms with Crippen molar-refractivity contribution < 1.29 is 22.7 Å². The quantitative estimate of drug-likeness (QED) is 0.498. The molecule has 1 saturated heterocycles. The molecule has 1 aliphatic heterocycles. The van der Waals surface area contributed by atoms with Crippen LogP contribution in [0.5, 0.6) is 5.75 Å². The lowest BCUT2D eigenvalue weighted by Gasteiger charge is -2.34. The number of hydrogen-bond donors (Lipinski definition) is 0. The average Bonchev–Trinajstić information content (AvgIpc) is 2.72. The number of ketones is 1. The van der Waals surface area contributed by atoms with Crippen LogP contribution in [0.3, 0.4) is 0 Å². The van der Waals surface area contributed by atoms with Crippen LogP contribution in [0.15, 0.2) is 48.5 Å². The molecule has 2 aromatic rings. The smallest absolute Gasteiger partial charge is 0.416 e. The van der Waals surface area contributed by atoms with Crippen molar-refractivity contribution in [3.63, 3.8) is 0 Å². The van der Waals surface area contributed by atoms with E-state index in [1.54, 1.807) is 24.3 Å². The fourth-order valence-corrected chi connectivity index (χ4v) is 3.90. The summed E-state index contributed by atoms with van der Waals surface area (Å²) in [5.74, 6) is 0.667. The van der Waals surface area contributed by atoms with Crippen LogP contribution < -0.4 is 4.74 Å². The number of carbonyl (C=O) groups is 1. The van der Waals surface area contributed by atoms with Crippen molar-refractivity contribution in [2.24, 2.45) is 11.8 Å². The third-order valence-corrected chi connectivity index (χ3v) is 5.63. The number of halogens is 4. The number of rotatable bonds is 7. The molecule has 2 unspecified atom stereocenters. The normalized spacial score (nSPS) is 18.8. The van der Waals surface area contributed by atoms with E-state index in [2.05, 4.69) is 4.90 Å². The van der Waals surface area contributed by atoms with Gasteiger partial charge in [0.15, 0.2) is 5.78 Å². The first-order valence-electron chi connectivity index (χ1n) is 10.0. The number of benzene rings is 2. The fourth-order valence-electron chi connectivity index (χ4n) is 3.78. The van der Waals surface area contributed by atoms with Gasteiger partial charge < -0.3 is 9.64 Å². The number of nitrogens with zero attached hydrogens (tertiary/aromatic N) is 1. The third kappa shape index (κ3) is 6.22. The van der Waals surface area contributed by atoms with E-state index >= 15 is 0 Å². The SMILES string of the molecule is CC(CN1CCCC(COc2ccc(C(F)(F)F)cc2)C1)C(=O)c1ccc(Cl)cc1. The molecule has 0 aromatic heterocycles. The lowest BCUT2D eigenvalue weighted by Crippen LogP contribution is -2.41. The number of piperidine rings is 1. The molecular formula is C23H25ClF3NO2. The largest absolute Gasteiger partial charge is 0.493 e. The minimum Gasteiger partial charge on any atom is -0.493 e. The van der Waals surface area contributed by atoms with E-state index in [9.17, 15) is 18.0 Å². The molecule has 30 heavy (non-hydrogen) atoms. The Hall–Kier alpha value is -2.05. The van der Waals surface area contributed by atoms with Gasteiger partial charge in [-0.1, -0.05) is 18.5 Å². The maximum Gasteiger partial charge on any atom is 0.416 e. The summed E-state index contributed by atoms with van der Waals surface area (Å²) in [7, 11) is 0. The molecule has 0 aliphatic carbocycles. The second kappa shape index (κ2) is 9.84. The Labute approximate surface area is 179 Å². The maximum absolute atomic E-state index is 12.7. The molecule has 0 saturated carbocycles. The summed E-state index contributed by atoms with van der Waals surface area (Å²) >= 11 is 5.89. The third-order valence-electron chi connectivity index (χ3n) is 5.38. The molecule has 162 valence electrons. The van der Waals surface area contributed by atoms with Gasteiger partial charge in [0, 0.05) is 35.5 Å². The number of alkyl halides is 3. The highest BCUT2D eigenvalue weighted by Gasteiger charge is 2.30. The van der Waals surface area contributed by atoms with Crippen LogP contribution in [0.4, 0.5) is 13.2 Å². The fraction of sp³-hybridized carbons (Fsp3) is 0.435. The minimum atomic E-state index is -4.34. The van der Waals surface area contributed by atoms with Crippen molar-refractivity contribution in [2.75, 3.05) is 26.2 Å². The Morgan fingerprint density at radius 2 is 1.83 bits per heavy atom. The molecular weight excluding hydrogens is 415 g/mol. The number of Topliss-reactive ketones (excluding diaryl/α,β-unsaturated/α-hetero) is 1. The Morgan fingerprint density at radius 1 is 1.17 bits per heavy atom. The van der Waals surface area contributed by atoms with Gasteiger partial charge in [-0.15, -0.1) is 0 Å². The first kappa shape index (κ1) is 22.6. The van der Waals surface area contributed by atoms with Crippen molar-refractivity contribution in [1.29, 1.82) is 0 Å². The second-order valence-corrected chi connectivity index (χ2v) is 8.31. The van der Waals surface area contributed by atoms with E-state index in [1.807, 2.05) is 6.92 Å². The van der Waals surface area contributed by atoms with Crippen molar-refractivity contribution >= 4 is 17.4 Å². The topological polar surface area (TPSA) is 29.5 Å². The molecule has 1 aliphatic rings. The van der Waals surface area contributed by atoms with Crippen molar-refractivity contribution in [3.05, 3.63) is 64.7 Å². The number of hydrogen-bond acceptors (Lipinski definition) is 3. The summed E-state index contributed by atoms with van der Waals surface area (Å²) in [4.78, 5) is 14.9. The Morgan fingerprint density at radius 3 is 2.47 bits per heavy atom. The number of carbonyl (C=O) groups excluding carboxylic acids is 1. The molecule has 7 heteroatoms. The Kier molecular flexibility index (Phi) is 7.42. The molecule has 3 rings (SSSR count). The molecule has 2 atom stereocenters. The molecule has 0 bridgehead atoms. The van der Waals surface area contributed by atoms with Crippen LogP contribution >= 0.6 is 11.6 Å². The molecule has 0 spiro atoms. The summed E-state index contributed by atoms with van der Waals surface area (Å²) in [6, 6.07) is 11.7. The van der Waals surface area contributed by atoms with Crippen LogP contribution in [0.1, 0.15) is 35.7 Å². The molecule has 1 fully saturated rings. The van der Waals surface area contributed by atoms with Gasteiger partial charge >= 0.3 is 6.18 Å². The molecule has 1 heterocycles. The monoisotopic (exact) mass is 439 g/mol. The van der Waals surface area contributed by atoms with Crippen LogP contribution in [-0.4, -0.2) is 36.9 Å². The Balaban J connectivity index is 1.49. The van der Waals surface area contributed by atoms with Gasteiger partial charge in [-0.3, -0.25) is 4.79 Å². The van der Waals surface area contributed by atoms with Crippen LogP contribution in [0.2, 0.25) is 5.02 Å². The van der Waals surface area contributed by atoms with E-state index in [-0.39, 0.29) is 17.6 Å². The molecule has 3 nitrogen and oxygen atoms in total. The average molecular weight is 440 g/mol. The van der Waals surface area contributed by atoms with Crippen LogP contribution in [0.25, 0.3) is 0 Å². The first-order chi connectivity index (χ1) is 14.2. The summed E-state index contributed by atoms with van der Waals surface area (Å²) in [5, 5.41) is 0.603. The predicted octanol–water partition coefficient (Wildman–Crippen LogP) is 5.97. The molecule has 2 aromatic carbocycles. The van der Waals surface area contributed by atoms with E-state index in [1.165, 1.54) is 12.1 Å². The van der Waals surface area contributed by atoms with Gasteiger partial charge in [0.1, 0.15) is 5.75 Å². The van der Waals surface area contributed by atoms with Gasteiger partial charge in [0.2, 0.25) is 0 Å². The maximum atomic E-state index is 12.7. The summed E-state index contributed by atoms with van der Waals surface area (Å²) in [6.07, 6.45) is -2.35. The first-order valence-corrected chi connectivity index (χ1v) is 10.4. The van der Waals surface area contributed by atoms with Gasteiger partial charge in [0.25, 0.3) is 0 Å². The zero-order chi connectivity index (χ0) is 21.7. The molecule has 0 amide bonds. The van der Waals surface area contributed by atoms with Crippen LogP contribution in [-0.2, 0) is 6.18 Å². The zero-order valence-corrected chi connectivity index (χ0v) is 17.5. The summed E-state index contributed by atoms with van der Waals surface area (Å²) in [5.41, 5.74) is -0.0240. The highest BCUT2D eigenvalue weighted by Crippen LogP contribution is 2.30. The zero-order valence-electron chi connectivity index (χ0n) is 16.8. The standard InChI is InChI=1S/C23H25ClF3NO2/c1-16(22(29)18-4-8-20(24)9-5-18)13-28-12-2-3-17(14-28)15-30-21-10-6-19(7-11-21)23(25,26)27/h4-11,16-17H,2-3,12-15H2,1H3. The highest BCUT2D eigenvalue weighted by molar-refractivity contribution is 6.30. The second-order valence-electron chi connectivity index (χ2n) is 7.87. The molecule has 0 N–H and O–H groups in total. The van der Waals surface area contributed by atoms with Gasteiger partial charge in [-0.05, 0) is 67.9 Å². The van der Waals surface area contributed by atoms with Gasteiger partial charge in [0.05, 0.1) is 12.2 Å². The highest BCUT2D eigenvalue weighted by atomic mass is 35.5. The van der Waals surface area contributed by atoms with Crippen molar-refractivity contribution in [3.8, 4) is 5.75 Å². The van der Waals surface area contributed by atoms with Crippen molar-refractivity contribution in [2.45, 2.75) is 25.9 Å². The van der Waals surface area contributed by atoms with E-state index in [4.69, 9.17) is 16.3 Å². The van der Waals surface area contributed by atoms with Gasteiger partial charge in [-0.2, -0.15) is 13.2 Å². The minimum absolute atomic E-state index is 0.0924. The molecule has 0 radical (unpaired) electrons.